The predicted molar refractivity (Wildman–Crippen MR) is 73.5 cm³/mol. The Balaban J connectivity index is 2.18. The minimum atomic E-state index is -0.0619. The van der Waals surface area contributed by atoms with Crippen molar-refractivity contribution < 1.29 is 0 Å². The Morgan fingerprint density at radius 2 is 1.83 bits per heavy atom. The molecule has 0 saturated carbocycles. The molecule has 1 aromatic carbocycles. The Morgan fingerprint density at radius 3 is 2.44 bits per heavy atom. The van der Waals surface area contributed by atoms with Crippen LogP contribution < -0.4 is 11.2 Å². The maximum absolute atomic E-state index is 11.0. The van der Waals surface area contributed by atoms with Crippen molar-refractivity contribution in [3.8, 4) is 0 Å². The maximum atomic E-state index is 11.0. The molecule has 1 heterocycles. The van der Waals surface area contributed by atoms with Gasteiger partial charge >= 0.3 is 0 Å². The Kier molecular flexibility index (Phi) is 3.63. The highest BCUT2D eigenvalue weighted by atomic mass is 16.1. The summed E-state index contributed by atoms with van der Waals surface area (Å²) in [5, 5.41) is 0. The molecule has 18 heavy (non-hydrogen) atoms. The van der Waals surface area contributed by atoms with E-state index in [9.17, 15) is 4.79 Å². The van der Waals surface area contributed by atoms with Crippen LogP contribution in [0.4, 0.5) is 0 Å². The third-order valence-corrected chi connectivity index (χ3v) is 3.09. The van der Waals surface area contributed by atoms with Gasteiger partial charge in [-0.1, -0.05) is 23.8 Å². The van der Waals surface area contributed by atoms with E-state index in [0.29, 0.717) is 6.54 Å². The number of hydrogen-bond donors (Lipinski definition) is 1. The van der Waals surface area contributed by atoms with Crippen LogP contribution in [0.5, 0.6) is 0 Å². The summed E-state index contributed by atoms with van der Waals surface area (Å²) < 4.78 is 1.94. The molecule has 2 N–H and O–H groups in total. The number of nitrogens with two attached hydrogens (primary N) is 1. The van der Waals surface area contributed by atoms with Crippen molar-refractivity contribution in [3.63, 3.8) is 0 Å². The van der Waals surface area contributed by atoms with Crippen molar-refractivity contribution in [3.05, 3.63) is 69.6 Å². The van der Waals surface area contributed by atoms with Crippen LogP contribution in [0.3, 0.4) is 0 Å². The maximum Gasteiger partial charge on any atom is 0.181 e. The lowest BCUT2D eigenvalue weighted by molar-refractivity contribution is 0.571. The number of hydrogen-bond acceptors (Lipinski definition) is 2. The molecular weight excluding hydrogens is 224 g/mol. The number of rotatable bonds is 3. The van der Waals surface area contributed by atoms with Crippen molar-refractivity contribution in [2.75, 3.05) is 0 Å². The fraction of sp³-hybridized carbons (Fsp3) is 0.267. The van der Waals surface area contributed by atoms with E-state index in [1.807, 2.05) is 4.57 Å². The van der Waals surface area contributed by atoms with E-state index in [4.69, 9.17) is 5.73 Å². The molecule has 0 spiro atoms. The smallest absolute Gasteiger partial charge is 0.181 e. The van der Waals surface area contributed by atoms with E-state index in [1.54, 1.807) is 24.5 Å². The lowest BCUT2D eigenvalue weighted by atomic mass is 10.00. The Labute approximate surface area is 107 Å². The van der Waals surface area contributed by atoms with E-state index in [1.165, 1.54) is 11.1 Å². The number of aromatic nitrogens is 1. The van der Waals surface area contributed by atoms with Gasteiger partial charge in [0.1, 0.15) is 0 Å². The Hall–Kier alpha value is -1.87. The van der Waals surface area contributed by atoms with Crippen LogP contribution in [-0.2, 0) is 6.54 Å². The lowest BCUT2D eigenvalue weighted by Crippen LogP contribution is -2.19. The highest BCUT2D eigenvalue weighted by Crippen LogP contribution is 2.18. The molecule has 3 nitrogen and oxygen atoms in total. The van der Waals surface area contributed by atoms with Crippen LogP contribution in [0.1, 0.15) is 22.7 Å². The molecule has 0 radical (unpaired) electrons. The average Bonchev–Trinajstić information content (AvgIpc) is 2.32. The molecule has 1 aromatic heterocycles. The first-order valence-corrected chi connectivity index (χ1v) is 6.05. The first-order chi connectivity index (χ1) is 8.56. The van der Waals surface area contributed by atoms with Gasteiger partial charge in [-0.3, -0.25) is 4.79 Å². The van der Waals surface area contributed by atoms with Gasteiger partial charge < -0.3 is 10.3 Å². The van der Waals surface area contributed by atoms with Crippen LogP contribution in [0.25, 0.3) is 0 Å². The Bertz CT molecular complexity index is 581. The van der Waals surface area contributed by atoms with E-state index in [-0.39, 0.29) is 11.5 Å². The minimum Gasteiger partial charge on any atom is -0.352 e. The standard InChI is InChI=1S/C15H18N2O/c1-11-3-4-14(12(2)9-11)15(16)10-17-7-5-13(18)6-8-17/h3-9,15H,10,16H2,1-2H3. The van der Waals surface area contributed by atoms with Gasteiger partial charge in [0.15, 0.2) is 5.43 Å². The summed E-state index contributed by atoms with van der Waals surface area (Å²) in [5.74, 6) is 0. The number of aryl methyl sites for hydroxylation is 2. The topological polar surface area (TPSA) is 48.0 Å². The summed E-state index contributed by atoms with van der Waals surface area (Å²) in [6, 6.07) is 9.34. The molecule has 0 bridgehead atoms. The zero-order chi connectivity index (χ0) is 13.1. The van der Waals surface area contributed by atoms with Crippen LogP contribution in [0.2, 0.25) is 0 Å². The summed E-state index contributed by atoms with van der Waals surface area (Å²) in [6.45, 7) is 4.82. The van der Waals surface area contributed by atoms with Crippen molar-refractivity contribution in [2.24, 2.45) is 5.73 Å². The van der Waals surface area contributed by atoms with Gasteiger partial charge in [-0.2, -0.15) is 0 Å². The van der Waals surface area contributed by atoms with E-state index >= 15 is 0 Å². The van der Waals surface area contributed by atoms with E-state index in [2.05, 4.69) is 32.0 Å². The molecule has 0 aliphatic carbocycles. The number of pyridine rings is 1. The highest BCUT2D eigenvalue weighted by molar-refractivity contribution is 5.32. The molecule has 1 unspecified atom stereocenters. The van der Waals surface area contributed by atoms with Crippen LogP contribution in [0.15, 0.2) is 47.5 Å². The van der Waals surface area contributed by atoms with E-state index in [0.717, 1.165) is 5.56 Å². The molecule has 3 heteroatoms. The third kappa shape index (κ3) is 2.87. The first-order valence-electron chi connectivity index (χ1n) is 6.05. The van der Waals surface area contributed by atoms with Crippen molar-refractivity contribution >= 4 is 0 Å². The van der Waals surface area contributed by atoms with Gasteiger partial charge in [0.25, 0.3) is 0 Å². The predicted octanol–water partition coefficient (Wildman–Crippen LogP) is 2.17. The number of benzene rings is 1. The highest BCUT2D eigenvalue weighted by Gasteiger charge is 2.09. The number of nitrogens with zero attached hydrogens (tertiary/aromatic N) is 1. The zero-order valence-electron chi connectivity index (χ0n) is 10.8. The monoisotopic (exact) mass is 242 g/mol. The summed E-state index contributed by atoms with van der Waals surface area (Å²) >= 11 is 0. The van der Waals surface area contributed by atoms with Crippen LogP contribution in [0, 0.1) is 13.8 Å². The van der Waals surface area contributed by atoms with Crippen molar-refractivity contribution in [1.29, 1.82) is 0 Å². The third-order valence-electron chi connectivity index (χ3n) is 3.09. The molecule has 0 aliphatic heterocycles. The fourth-order valence-electron chi connectivity index (χ4n) is 2.13. The van der Waals surface area contributed by atoms with Gasteiger partial charge in [-0.25, -0.2) is 0 Å². The zero-order valence-corrected chi connectivity index (χ0v) is 10.8. The second-order valence-corrected chi connectivity index (χ2v) is 4.70. The second-order valence-electron chi connectivity index (χ2n) is 4.70. The average molecular weight is 242 g/mol. The fourth-order valence-corrected chi connectivity index (χ4v) is 2.13. The molecule has 2 aromatic rings. The van der Waals surface area contributed by atoms with Gasteiger partial charge in [0.05, 0.1) is 0 Å². The largest absolute Gasteiger partial charge is 0.352 e. The molecule has 1 atom stereocenters. The van der Waals surface area contributed by atoms with Crippen molar-refractivity contribution in [2.45, 2.75) is 26.4 Å². The first kappa shape index (κ1) is 12.6. The molecular formula is C15H18N2O. The second kappa shape index (κ2) is 5.19. The van der Waals surface area contributed by atoms with Gasteiger partial charge in [-0.05, 0) is 25.0 Å². The Morgan fingerprint density at radius 1 is 1.17 bits per heavy atom. The summed E-state index contributed by atoms with van der Waals surface area (Å²) in [4.78, 5) is 11.0. The summed E-state index contributed by atoms with van der Waals surface area (Å²) in [5.41, 5.74) is 9.84. The molecule has 0 amide bonds. The summed E-state index contributed by atoms with van der Waals surface area (Å²) in [6.07, 6.45) is 3.54. The quantitative estimate of drug-likeness (QED) is 0.896. The molecule has 2 rings (SSSR count). The lowest BCUT2D eigenvalue weighted by Gasteiger charge is -2.17. The van der Waals surface area contributed by atoms with Gasteiger partial charge in [-0.15, -0.1) is 0 Å². The minimum absolute atomic E-state index is 0.0198. The normalized spacial score (nSPS) is 12.4. The van der Waals surface area contributed by atoms with Crippen LogP contribution in [-0.4, -0.2) is 4.57 Å². The van der Waals surface area contributed by atoms with Gasteiger partial charge in [0.2, 0.25) is 0 Å². The molecule has 94 valence electrons. The molecule has 0 saturated heterocycles. The van der Waals surface area contributed by atoms with Crippen molar-refractivity contribution in [1.82, 2.24) is 4.57 Å². The SMILES string of the molecule is Cc1ccc(C(N)Cn2ccc(=O)cc2)c(C)c1. The van der Waals surface area contributed by atoms with E-state index < -0.39 is 0 Å². The summed E-state index contributed by atoms with van der Waals surface area (Å²) in [7, 11) is 0. The molecule has 0 aliphatic rings. The van der Waals surface area contributed by atoms with Gasteiger partial charge in [0, 0.05) is 37.1 Å². The van der Waals surface area contributed by atoms with Crippen LogP contribution >= 0.6 is 0 Å². The molecule has 0 fully saturated rings.